The number of carbonyl (C=O) groups is 1. The lowest BCUT2D eigenvalue weighted by Crippen LogP contribution is -2.11. The van der Waals surface area contributed by atoms with Crippen LogP contribution in [-0.2, 0) is 0 Å². The number of nitrogens with one attached hydrogen (secondary N) is 1. The third-order valence-corrected chi connectivity index (χ3v) is 2.15. The molecule has 1 aromatic carbocycles. The van der Waals surface area contributed by atoms with Gasteiger partial charge in [0.15, 0.2) is 0 Å². The minimum absolute atomic E-state index is 0.121. The Balaban J connectivity index is 2.22. The Bertz CT molecular complexity index is 596. The smallest absolute Gasteiger partial charge is 0.294 e. The number of aryl methyl sites for hydroxylation is 1. The molecule has 1 heterocycles. The Morgan fingerprint density at radius 1 is 1.47 bits per heavy atom. The van der Waals surface area contributed by atoms with E-state index < -0.39 is 5.91 Å². The second kappa shape index (κ2) is 4.49. The van der Waals surface area contributed by atoms with E-state index in [2.05, 4.69) is 10.5 Å². The van der Waals surface area contributed by atoms with E-state index in [0.717, 1.165) is 0 Å². The number of benzene rings is 1. The summed E-state index contributed by atoms with van der Waals surface area (Å²) in [7, 11) is 0. The molecule has 1 amide bonds. The zero-order chi connectivity index (χ0) is 12.3. The fourth-order valence-corrected chi connectivity index (χ4v) is 1.34. The quantitative estimate of drug-likeness (QED) is 0.852. The number of nitriles is 1. The highest BCUT2D eigenvalue weighted by Gasteiger charge is 2.13. The number of rotatable bonds is 2. The second-order valence-electron chi connectivity index (χ2n) is 3.44. The van der Waals surface area contributed by atoms with Crippen molar-refractivity contribution in [1.82, 2.24) is 5.16 Å². The van der Waals surface area contributed by atoms with Gasteiger partial charge in [0.2, 0.25) is 5.76 Å². The number of hydrogen-bond donors (Lipinski definition) is 1. The minimum Gasteiger partial charge on any atom is -0.351 e. The summed E-state index contributed by atoms with van der Waals surface area (Å²) in [4.78, 5) is 11.7. The van der Waals surface area contributed by atoms with Crippen LogP contribution in [0.2, 0.25) is 0 Å². The van der Waals surface area contributed by atoms with Crippen LogP contribution < -0.4 is 5.32 Å². The van der Waals surface area contributed by atoms with Gasteiger partial charge in [-0.2, -0.15) is 5.26 Å². The predicted octanol–water partition coefficient (Wildman–Crippen LogP) is 2.11. The topological polar surface area (TPSA) is 78.9 Å². The molecule has 0 unspecified atom stereocenters. The highest BCUT2D eigenvalue weighted by atomic mass is 16.5. The van der Waals surface area contributed by atoms with Crippen molar-refractivity contribution in [2.75, 3.05) is 5.32 Å². The molecule has 5 heteroatoms. The summed E-state index contributed by atoms with van der Waals surface area (Å²) >= 11 is 0. The normalized spacial score (nSPS) is 9.65. The lowest BCUT2D eigenvalue weighted by atomic mass is 10.2. The molecule has 0 aliphatic carbocycles. The number of nitrogens with zero attached hydrogens (tertiary/aromatic N) is 2. The van der Waals surface area contributed by atoms with E-state index in [0.29, 0.717) is 16.9 Å². The second-order valence-corrected chi connectivity index (χ2v) is 3.44. The maximum atomic E-state index is 11.7. The van der Waals surface area contributed by atoms with Crippen molar-refractivity contribution < 1.29 is 9.32 Å². The summed E-state index contributed by atoms with van der Waals surface area (Å²) in [5.74, 6) is -0.302. The van der Waals surface area contributed by atoms with Crippen LogP contribution in [-0.4, -0.2) is 11.1 Å². The van der Waals surface area contributed by atoms with Gasteiger partial charge < -0.3 is 9.84 Å². The summed E-state index contributed by atoms with van der Waals surface area (Å²) in [6, 6.07) is 10.3. The van der Waals surface area contributed by atoms with Gasteiger partial charge in [-0.15, -0.1) is 0 Å². The van der Waals surface area contributed by atoms with Crippen molar-refractivity contribution in [3.8, 4) is 6.07 Å². The monoisotopic (exact) mass is 227 g/mol. The van der Waals surface area contributed by atoms with Gasteiger partial charge in [0.25, 0.3) is 5.91 Å². The molecule has 0 saturated heterocycles. The Kier molecular flexibility index (Phi) is 2.88. The first kappa shape index (κ1) is 10.9. The SMILES string of the molecule is Cc1cc(C(=O)Nc2ccccc2C#N)on1. The molecule has 17 heavy (non-hydrogen) atoms. The molecule has 0 bridgehead atoms. The highest BCUT2D eigenvalue weighted by molar-refractivity contribution is 6.02. The van der Waals surface area contributed by atoms with Gasteiger partial charge in [-0.1, -0.05) is 17.3 Å². The van der Waals surface area contributed by atoms with Gasteiger partial charge in [-0.3, -0.25) is 4.79 Å². The first-order chi connectivity index (χ1) is 8.20. The van der Waals surface area contributed by atoms with Crippen molar-refractivity contribution in [3.05, 3.63) is 47.3 Å². The first-order valence-corrected chi connectivity index (χ1v) is 4.94. The van der Waals surface area contributed by atoms with Crippen molar-refractivity contribution in [3.63, 3.8) is 0 Å². The average Bonchev–Trinajstić information content (AvgIpc) is 2.77. The Morgan fingerprint density at radius 3 is 2.88 bits per heavy atom. The van der Waals surface area contributed by atoms with Crippen LogP contribution >= 0.6 is 0 Å². The van der Waals surface area contributed by atoms with Crippen LogP contribution in [0.5, 0.6) is 0 Å². The fourth-order valence-electron chi connectivity index (χ4n) is 1.34. The van der Waals surface area contributed by atoms with Crippen LogP contribution in [0.1, 0.15) is 21.8 Å². The molecule has 5 nitrogen and oxygen atoms in total. The van der Waals surface area contributed by atoms with Gasteiger partial charge in [-0.05, 0) is 19.1 Å². The van der Waals surface area contributed by atoms with Gasteiger partial charge in [-0.25, -0.2) is 0 Å². The van der Waals surface area contributed by atoms with Crippen molar-refractivity contribution >= 4 is 11.6 Å². The van der Waals surface area contributed by atoms with E-state index in [1.54, 1.807) is 31.2 Å². The van der Waals surface area contributed by atoms with Crippen LogP contribution in [0.15, 0.2) is 34.9 Å². The molecule has 0 saturated carbocycles. The van der Waals surface area contributed by atoms with Crippen molar-refractivity contribution in [1.29, 1.82) is 5.26 Å². The van der Waals surface area contributed by atoms with Gasteiger partial charge >= 0.3 is 0 Å². The largest absolute Gasteiger partial charge is 0.351 e. The minimum atomic E-state index is -0.423. The van der Waals surface area contributed by atoms with Gasteiger partial charge in [0, 0.05) is 6.07 Å². The molecule has 0 spiro atoms. The van der Waals surface area contributed by atoms with Crippen LogP contribution in [0.3, 0.4) is 0 Å². The summed E-state index contributed by atoms with van der Waals surface area (Å²) in [5, 5.41) is 15.1. The Morgan fingerprint density at radius 2 is 2.24 bits per heavy atom. The maximum Gasteiger partial charge on any atom is 0.294 e. The van der Waals surface area contributed by atoms with Crippen molar-refractivity contribution in [2.45, 2.75) is 6.92 Å². The van der Waals surface area contributed by atoms with Crippen LogP contribution in [0.4, 0.5) is 5.69 Å². The lowest BCUT2D eigenvalue weighted by molar-refractivity contribution is 0.0988. The van der Waals surface area contributed by atoms with E-state index in [-0.39, 0.29) is 5.76 Å². The Hall–Kier alpha value is -2.61. The van der Waals surface area contributed by atoms with E-state index in [9.17, 15) is 4.79 Å². The van der Waals surface area contributed by atoms with Crippen LogP contribution in [0, 0.1) is 18.3 Å². The summed E-state index contributed by atoms with van der Waals surface area (Å²) < 4.78 is 4.83. The molecular weight excluding hydrogens is 218 g/mol. The maximum absolute atomic E-state index is 11.7. The zero-order valence-corrected chi connectivity index (χ0v) is 9.10. The third kappa shape index (κ3) is 2.32. The number of carbonyl (C=O) groups excluding carboxylic acids is 1. The number of aromatic nitrogens is 1. The fraction of sp³-hybridized carbons (Fsp3) is 0.0833. The molecule has 0 fully saturated rings. The Labute approximate surface area is 97.7 Å². The molecular formula is C12H9N3O2. The first-order valence-electron chi connectivity index (χ1n) is 4.94. The molecule has 84 valence electrons. The molecule has 0 aliphatic heterocycles. The number of para-hydroxylation sites is 1. The predicted molar refractivity (Wildman–Crippen MR) is 60.4 cm³/mol. The molecule has 2 rings (SSSR count). The van der Waals surface area contributed by atoms with E-state index in [1.807, 2.05) is 6.07 Å². The van der Waals surface area contributed by atoms with E-state index >= 15 is 0 Å². The summed E-state index contributed by atoms with van der Waals surface area (Å²) in [6.07, 6.45) is 0. The van der Waals surface area contributed by atoms with E-state index in [4.69, 9.17) is 9.78 Å². The molecule has 0 atom stereocenters. The molecule has 0 radical (unpaired) electrons. The van der Waals surface area contributed by atoms with Gasteiger partial charge in [0.05, 0.1) is 16.9 Å². The average molecular weight is 227 g/mol. The number of hydrogen-bond acceptors (Lipinski definition) is 4. The van der Waals surface area contributed by atoms with Crippen LogP contribution in [0.25, 0.3) is 0 Å². The lowest BCUT2D eigenvalue weighted by Gasteiger charge is -2.03. The molecule has 1 N–H and O–H groups in total. The van der Waals surface area contributed by atoms with E-state index in [1.165, 1.54) is 6.07 Å². The molecule has 1 aromatic heterocycles. The summed E-state index contributed by atoms with van der Waals surface area (Å²) in [5.41, 5.74) is 1.48. The third-order valence-electron chi connectivity index (χ3n) is 2.15. The number of amides is 1. The number of anilines is 1. The zero-order valence-electron chi connectivity index (χ0n) is 9.10. The van der Waals surface area contributed by atoms with Crippen molar-refractivity contribution in [2.24, 2.45) is 0 Å². The standard InChI is InChI=1S/C12H9N3O2/c1-8-6-11(17-15-8)12(16)14-10-5-3-2-4-9(10)7-13/h2-6H,1H3,(H,14,16). The summed E-state index contributed by atoms with van der Waals surface area (Å²) in [6.45, 7) is 1.73. The highest BCUT2D eigenvalue weighted by Crippen LogP contribution is 2.15. The molecule has 0 aliphatic rings. The van der Waals surface area contributed by atoms with Gasteiger partial charge in [0.1, 0.15) is 6.07 Å². The molecule has 2 aromatic rings.